The number of aliphatic hydroxyl groups is 1. The van der Waals surface area contributed by atoms with E-state index in [1.54, 1.807) is 7.11 Å². The van der Waals surface area contributed by atoms with Crippen LogP contribution in [0.25, 0.3) is 0 Å². The van der Waals surface area contributed by atoms with Crippen LogP contribution in [0.4, 0.5) is 5.69 Å². The Balaban J connectivity index is 2.00. The number of hydrogen-bond donors (Lipinski definition) is 1. The summed E-state index contributed by atoms with van der Waals surface area (Å²) in [5.41, 5.74) is 1.16. The summed E-state index contributed by atoms with van der Waals surface area (Å²) < 4.78 is 5.42. The largest absolute Gasteiger partial charge is 0.495 e. The summed E-state index contributed by atoms with van der Waals surface area (Å²) in [5, 5.41) is 9.66. The van der Waals surface area contributed by atoms with Crippen LogP contribution in [0.3, 0.4) is 0 Å². The van der Waals surface area contributed by atoms with Crippen LogP contribution in [0.1, 0.15) is 13.8 Å². The molecule has 1 aliphatic rings. The molecule has 0 bridgehead atoms. The van der Waals surface area contributed by atoms with E-state index in [9.17, 15) is 5.11 Å². The Morgan fingerprint density at radius 3 is 2.32 bits per heavy atom. The lowest BCUT2D eigenvalue weighted by atomic mass is 10.1. The summed E-state index contributed by atoms with van der Waals surface area (Å²) >= 11 is 0. The zero-order valence-electron chi connectivity index (χ0n) is 12.0. The van der Waals surface area contributed by atoms with Gasteiger partial charge in [-0.1, -0.05) is 12.1 Å². The molecule has 0 aliphatic carbocycles. The Hall–Kier alpha value is -1.26. The molecular formula is C15H24N2O2. The van der Waals surface area contributed by atoms with E-state index in [1.807, 2.05) is 25.1 Å². The molecule has 0 aromatic heterocycles. The van der Waals surface area contributed by atoms with Crippen molar-refractivity contribution in [3.63, 3.8) is 0 Å². The third-order valence-corrected chi connectivity index (χ3v) is 4.01. The second-order valence-electron chi connectivity index (χ2n) is 5.18. The lowest BCUT2D eigenvalue weighted by Crippen LogP contribution is -2.52. The molecule has 1 fully saturated rings. The quantitative estimate of drug-likeness (QED) is 0.896. The number of hydrogen-bond acceptors (Lipinski definition) is 4. The molecule has 2 atom stereocenters. The maximum Gasteiger partial charge on any atom is 0.142 e. The number of nitrogens with zero attached hydrogens (tertiary/aromatic N) is 2. The predicted molar refractivity (Wildman–Crippen MR) is 77.9 cm³/mol. The third-order valence-electron chi connectivity index (χ3n) is 4.01. The topological polar surface area (TPSA) is 35.9 Å². The van der Waals surface area contributed by atoms with Gasteiger partial charge in [-0.05, 0) is 26.0 Å². The van der Waals surface area contributed by atoms with Crippen molar-refractivity contribution in [2.45, 2.75) is 26.0 Å². The van der Waals surface area contributed by atoms with Crippen molar-refractivity contribution in [3.8, 4) is 5.75 Å². The Morgan fingerprint density at radius 1 is 1.11 bits per heavy atom. The zero-order valence-corrected chi connectivity index (χ0v) is 12.0. The van der Waals surface area contributed by atoms with Gasteiger partial charge in [0, 0.05) is 32.2 Å². The SMILES string of the molecule is COc1ccccc1N1CCN(C(C)C(C)O)CC1. The van der Waals surface area contributed by atoms with Crippen molar-refractivity contribution in [2.24, 2.45) is 0 Å². The Bertz CT molecular complexity index is 401. The maximum absolute atomic E-state index is 9.66. The van der Waals surface area contributed by atoms with Crippen LogP contribution in [-0.2, 0) is 0 Å². The molecule has 0 radical (unpaired) electrons. The number of ether oxygens (including phenoxy) is 1. The van der Waals surface area contributed by atoms with E-state index in [4.69, 9.17) is 4.74 Å². The van der Waals surface area contributed by atoms with Crippen molar-refractivity contribution in [3.05, 3.63) is 24.3 Å². The van der Waals surface area contributed by atoms with E-state index in [2.05, 4.69) is 22.8 Å². The fourth-order valence-electron chi connectivity index (χ4n) is 2.57. The van der Waals surface area contributed by atoms with Gasteiger partial charge in [0.1, 0.15) is 5.75 Å². The molecule has 1 saturated heterocycles. The van der Waals surface area contributed by atoms with Crippen LogP contribution in [0.5, 0.6) is 5.75 Å². The van der Waals surface area contributed by atoms with Gasteiger partial charge in [-0.15, -0.1) is 0 Å². The highest BCUT2D eigenvalue weighted by molar-refractivity contribution is 5.58. The molecule has 4 heteroatoms. The second-order valence-corrected chi connectivity index (χ2v) is 5.18. The van der Waals surface area contributed by atoms with Crippen molar-refractivity contribution >= 4 is 5.69 Å². The highest BCUT2D eigenvalue weighted by atomic mass is 16.5. The number of piperazine rings is 1. The lowest BCUT2D eigenvalue weighted by Gasteiger charge is -2.40. The van der Waals surface area contributed by atoms with Gasteiger partial charge in [0.15, 0.2) is 0 Å². The van der Waals surface area contributed by atoms with Gasteiger partial charge in [0.05, 0.1) is 18.9 Å². The van der Waals surface area contributed by atoms with Crippen LogP contribution >= 0.6 is 0 Å². The summed E-state index contributed by atoms with van der Waals surface area (Å²) in [7, 11) is 1.71. The molecule has 0 saturated carbocycles. The van der Waals surface area contributed by atoms with Crippen LogP contribution in [0.2, 0.25) is 0 Å². The fraction of sp³-hybridized carbons (Fsp3) is 0.600. The monoisotopic (exact) mass is 264 g/mol. The van der Waals surface area contributed by atoms with Gasteiger partial charge < -0.3 is 14.7 Å². The highest BCUT2D eigenvalue weighted by Crippen LogP contribution is 2.28. The molecule has 2 unspecified atom stereocenters. The number of anilines is 1. The minimum atomic E-state index is -0.280. The standard InChI is InChI=1S/C15H24N2O2/c1-12(13(2)18)16-8-10-17(11-9-16)14-6-4-5-7-15(14)19-3/h4-7,12-13,18H,8-11H2,1-3H3. The molecule has 2 rings (SSSR count). The van der Waals surface area contributed by atoms with Gasteiger partial charge in [0.25, 0.3) is 0 Å². The molecule has 1 heterocycles. The van der Waals surface area contributed by atoms with Gasteiger partial charge in [-0.2, -0.15) is 0 Å². The molecule has 1 aliphatic heterocycles. The normalized spacial score (nSPS) is 20.1. The van der Waals surface area contributed by atoms with Crippen LogP contribution in [0, 0.1) is 0 Å². The number of aliphatic hydroxyl groups excluding tert-OH is 1. The summed E-state index contributed by atoms with van der Waals surface area (Å²) in [4.78, 5) is 4.70. The fourth-order valence-corrected chi connectivity index (χ4v) is 2.57. The first-order chi connectivity index (χ1) is 9.13. The van der Waals surface area contributed by atoms with Crippen LogP contribution in [-0.4, -0.2) is 55.4 Å². The van der Waals surface area contributed by atoms with Gasteiger partial charge >= 0.3 is 0 Å². The molecule has 106 valence electrons. The number of benzene rings is 1. The van der Waals surface area contributed by atoms with E-state index in [0.717, 1.165) is 37.6 Å². The lowest BCUT2D eigenvalue weighted by molar-refractivity contribution is 0.0672. The first kappa shape index (κ1) is 14.2. The smallest absolute Gasteiger partial charge is 0.142 e. The Morgan fingerprint density at radius 2 is 1.74 bits per heavy atom. The average Bonchev–Trinajstić information content (AvgIpc) is 2.46. The molecule has 1 aromatic carbocycles. The van der Waals surface area contributed by atoms with E-state index < -0.39 is 0 Å². The Labute approximate surface area is 115 Å². The van der Waals surface area contributed by atoms with E-state index in [-0.39, 0.29) is 12.1 Å². The second kappa shape index (κ2) is 6.26. The van der Waals surface area contributed by atoms with Crippen molar-refractivity contribution in [1.29, 1.82) is 0 Å². The molecule has 1 N–H and O–H groups in total. The van der Waals surface area contributed by atoms with Gasteiger partial charge in [-0.25, -0.2) is 0 Å². The van der Waals surface area contributed by atoms with Crippen LogP contribution < -0.4 is 9.64 Å². The molecule has 19 heavy (non-hydrogen) atoms. The maximum atomic E-state index is 9.66. The summed E-state index contributed by atoms with van der Waals surface area (Å²) in [5.74, 6) is 0.930. The molecule has 0 spiro atoms. The molecule has 0 amide bonds. The summed E-state index contributed by atoms with van der Waals surface area (Å²) in [6, 6.07) is 8.36. The van der Waals surface area contributed by atoms with Crippen LogP contribution in [0.15, 0.2) is 24.3 Å². The van der Waals surface area contributed by atoms with E-state index >= 15 is 0 Å². The minimum absolute atomic E-state index is 0.222. The van der Waals surface area contributed by atoms with E-state index in [0.29, 0.717) is 0 Å². The minimum Gasteiger partial charge on any atom is -0.495 e. The highest BCUT2D eigenvalue weighted by Gasteiger charge is 2.24. The first-order valence-corrected chi connectivity index (χ1v) is 6.93. The van der Waals surface area contributed by atoms with Gasteiger partial charge in [-0.3, -0.25) is 4.90 Å². The Kier molecular flexibility index (Phi) is 4.66. The first-order valence-electron chi connectivity index (χ1n) is 6.93. The zero-order chi connectivity index (χ0) is 13.8. The number of rotatable bonds is 4. The third kappa shape index (κ3) is 3.19. The molecule has 1 aromatic rings. The van der Waals surface area contributed by atoms with Crippen molar-refractivity contribution < 1.29 is 9.84 Å². The predicted octanol–water partition coefficient (Wildman–Crippen LogP) is 1.59. The average molecular weight is 264 g/mol. The summed E-state index contributed by atoms with van der Waals surface area (Å²) in [6.07, 6.45) is -0.280. The summed E-state index contributed by atoms with van der Waals surface area (Å²) in [6.45, 7) is 7.84. The molecular weight excluding hydrogens is 240 g/mol. The van der Waals surface area contributed by atoms with E-state index in [1.165, 1.54) is 0 Å². The molecule has 4 nitrogen and oxygen atoms in total. The number of methoxy groups -OCH3 is 1. The van der Waals surface area contributed by atoms with Gasteiger partial charge in [0.2, 0.25) is 0 Å². The van der Waals surface area contributed by atoms with Crippen molar-refractivity contribution in [2.75, 3.05) is 38.2 Å². The number of para-hydroxylation sites is 2. The van der Waals surface area contributed by atoms with Crippen molar-refractivity contribution in [1.82, 2.24) is 4.90 Å².